The van der Waals surface area contributed by atoms with Crippen LogP contribution in [-0.4, -0.2) is 28.7 Å². The number of hydrogen-bond acceptors (Lipinski definition) is 3. The van der Waals surface area contributed by atoms with Crippen molar-refractivity contribution in [1.29, 1.82) is 0 Å². The second-order valence-electron chi connectivity index (χ2n) is 6.28. The number of piperidine rings is 1. The van der Waals surface area contributed by atoms with Gasteiger partial charge in [-0.25, -0.2) is 4.39 Å². The predicted molar refractivity (Wildman–Crippen MR) is 87.9 cm³/mol. The monoisotopic (exact) mass is 338 g/mol. The number of nitrogens with one attached hydrogen (secondary N) is 1. The summed E-state index contributed by atoms with van der Waals surface area (Å²) < 4.78 is 13.1. The first kappa shape index (κ1) is 15.5. The van der Waals surface area contributed by atoms with E-state index in [-0.39, 0.29) is 24.1 Å². The third kappa shape index (κ3) is 2.69. The van der Waals surface area contributed by atoms with Gasteiger partial charge in [-0.15, -0.1) is 0 Å². The average molecular weight is 338 g/mol. The maximum Gasteiger partial charge on any atom is 0.255 e. The van der Waals surface area contributed by atoms with Crippen LogP contribution in [0, 0.1) is 5.82 Å². The zero-order chi connectivity index (χ0) is 17.6. The normalized spacial score (nSPS) is 19.8. The van der Waals surface area contributed by atoms with Crippen LogP contribution < -0.4 is 5.32 Å². The van der Waals surface area contributed by atoms with E-state index >= 15 is 0 Å². The lowest BCUT2D eigenvalue weighted by Crippen LogP contribution is -2.52. The molecule has 126 valence electrons. The lowest BCUT2D eigenvalue weighted by Gasteiger charge is -2.29. The smallest absolute Gasteiger partial charge is 0.255 e. The number of carbonyl (C=O) groups excluding carboxylic acids is 3. The summed E-state index contributed by atoms with van der Waals surface area (Å²) in [7, 11) is 0. The molecule has 25 heavy (non-hydrogen) atoms. The van der Waals surface area contributed by atoms with Gasteiger partial charge in [0, 0.05) is 18.5 Å². The van der Waals surface area contributed by atoms with Gasteiger partial charge in [-0.2, -0.15) is 0 Å². The highest BCUT2D eigenvalue weighted by Crippen LogP contribution is 2.31. The van der Waals surface area contributed by atoms with Crippen LogP contribution in [-0.2, 0) is 16.1 Å². The highest BCUT2D eigenvalue weighted by molar-refractivity contribution is 6.05. The van der Waals surface area contributed by atoms with Crippen molar-refractivity contribution in [1.82, 2.24) is 10.2 Å². The number of hydrogen-bond donors (Lipinski definition) is 1. The highest BCUT2D eigenvalue weighted by atomic mass is 19.1. The molecule has 1 atom stereocenters. The van der Waals surface area contributed by atoms with Gasteiger partial charge in [0.25, 0.3) is 5.91 Å². The van der Waals surface area contributed by atoms with Gasteiger partial charge in [0.05, 0.1) is 0 Å². The Morgan fingerprint density at radius 3 is 2.44 bits per heavy atom. The van der Waals surface area contributed by atoms with Gasteiger partial charge in [0.2, 0.25) is 11.8 Å². The van der Waals surface area contributed by atoms with E-state index in [1.165, 1.54) is 17.0 Å². The van der Waals surface area contributed by atoms with Gasteiger partial charge in [0.15, 0.2) is 0 Å². The molecule has 4 rings (SSSR count). The molecule has 0 spiro atoms. The fourth-order valence-corrected chi connectivity index (χ4v) is 3.40. The molecule has 0 radical (unpaired) electrons. The number of carbonyl (C=O) groups is 3. The van der Waals surface area contributed by atoms with Crippen molar-refractivity contribution in [2.24, 2.45) is 0 Å². The van der Waals surface area contributed by atoms with Gasteiger partial charge < -0.3 is 4.90 Å². The first-order valence-electron chi connectivity index (χ1n) is 8.06. The molecule has 2 aromatic carbocycles. The molecule has 2 aromatic rings. The number of imide groups is 1. The summed E-state index contributed by atoms with van der Waals surface area (Å²) in [5.74, 6) is -1.22. The molecule has 5 nitrogen and oxygen atoms in total. The summed E-state index contributed by atoms with van der Waals surface area (Å²) in [5.41, 5.74) is 3.14. The van der Waals surface area contributed by atoms with Crippen molar-refractivity contribution in [3.63, 3.8) is 0 Å². The standard InChI is InChI=1S/C19H15FN2O3/c20-14-4-1-11(2-5-14)12-3-6-15-13(9-12)10-22(19(15)25)16-7-8-17(23)21-18(16)24/h1-6,9,16H,7-8,10H2,(H,21,23,24). The molecule has 2 aliphatic rings. The third-order valence-corrected chi connectivity index (χ3v) is 4.70. The molecule has 0 aliphatic carbocycles. The van der Waals surface area contributed by atoms with E-state index < -0.39 is 11.9 Å². The van der Waals surface area contributed by atoms with Crippen LogP contribution in [0.1, 0.15) is 28.8 Å². The highest BCUT2D eigenvalue weighted by Gasteiger charge is 2.39. The van der Waals surface area contributed by atoms with E-state index in [0.29, 0.717) is 18.5 Å². The molecule has 2 heterocycles. The quantitative estimate of drug-likeness (QED) is 0.854. The second kappa shape index (κ2) is 5.81. The zero-order valence-electron chi connectivity index (χ0n) is 13.3. The van der Waals surface area contributed by atoms with Crippen molar-refractivity contribution < 1.29 is 18.8 Å². The topological polar surface area (TPSA) is 66.5 Å². The van der Waals surface area contributed by atoms with Crippen LogP contribution in [0.5, 0.6) is 0 Å². The van der Waals surface area contributed by atoms with Gasteiger partial charge in [-0.05, 0) is 47.4 Å². The Hall–Kier alpha value is -3.02. The van der Waals surface area contributed by atoms with Crippen LogP contribution in [0.15, 0.2) is 42.5 Å². The number of fused-ring (bicyclic) bond motifs is 1. The van der Waals surface area contributed by atoms with E-state index in [9.17, 15) is 18.8 Å². The predicted octanol–water partition coefficient (Wildman–Crippen LogP) is 2.25. The summed E-state index contributed by atoms with van der Waals surface area (Å²) in [6.07, 6.45) is 0.576. The number of amides is 3. The van der Waals surface area contributed by atoms with E-state index in [1.807, 2.05) is 12.1 Å². The summed E-state index contributed by atoms with van der Waals surface area (Å²) in [4.78, 5) is 37.5. The number of benzene rings is 2. The molecule has 1 N–H and O–H groups in total. The fourth-order valence-electron chi connectivity index (χ4n) is 3.40. The molecule has 0 saturated carbocycles. The maximum atomic E-state index is 13.1. The molecule has 3 amide bonds. The zero-order valence-corrected chi connectivity index (χ0v) is 13.3. The van der Waals surface area contributed by atoms with Crippen molar-refractivity contribution in [3.8, 4) is 11.1 Å². The second-order valence-corrected chi connectivity index (χ2v) is 6.28. The van der Waals surface area contributed by atoms with E-state index in [4.69, 9.17) is 0 Å². The Kier molecular flexibility index (Phi) is 3.60. The van der Waals surface area contributed by atoms with Gasteiger partial charge in [-0.3, -0.25) is 19.7 Å². The molecule has 1 unspecified atom stereocenters. The fraction of sp³-hybridized carbons (Fsp3) is 0.211. The molecular formula is C19H15FN2O3. The largest absolute Gasteiger partial charge is 0.322 e. The minimum absolute atomic E-state index is 0.199. The Morgan fingerprint density at radius 1 is 1.00 bits per heavy atom. The minimum atomic E-state index is -0.619. The Labute approximate surface area is 143 Å². The van der Waals surface area contributed by atoms with Crippen LogP contribution in [0.25, 0.3) is 11.1 Å². The summed E-state index contributed by atoms with van der Waals surface area (Å²) in [5, 5.41) is 2.29. The molecule has 6 heteroatoms. The average Bonchev–Trinajstić information content (AvgIpc) is 2.92. The number of rotatable bonds is 2. The van der Waals surface area contributed by atoms with Crippen LogP contribution >= 0.6 is 0 Å². The maximum absolute atomic E-state index is 13.1. The summed E-state index contributed by atoms with van der Waals surface area (Å²) >= 11 is 0. The molecule has 1 saturated heterocycles. The molecule has 0 aromatic heterocycles. The first-order chi connectivity index (χ1) is 12.0. The van der Waals surface area contributed by atoms with Crippen LogP contribution in [0.4, 0.5) is 4.39 Å². The van der Waals surface area contributed by atoms with Crippen molar-refractivity contribution in [2.45, 2.75) is 25.4 Å². The SMILES string of the molecule is O=C1CCC(N2Cc3cc(-c4ccc(F)cc4)ccc3C2=O)C(=O)N1. The molecule has 1 fully saturated rings. The van der Waals surface area contributed by atoms with Gasteiger partial charge in [0.1, 0.15) is 11.9 Å². The van der Waals surface area contributed by atoms with Crippen molar-refractivity contribution >= 4 is 17.7 Å². The van der Waals surface area contributed by atoms with Crippen LogP contribution in [0.2, 0.25) is 0 Å². The third-order valence-electron chi connectivity index (χ3n) is 4.70. The van der Waals surface area contributed by atoms with Gasteiger partial charge in [-0.1, -0.05) is 18.2 Å². The minimum Gasteiger partial charge on any atom is -0.322 e. The summed E-state index contributed by atoms with van der Waals surface area (Å²) in [6.45, 7) is 0.329. The Bertz CT molecular complexity index is 892. The molecule has 0 bridgehead atoms. The number of nitrogens with zero attached hydrogens (tertiary/aromatic N) is 1. The lowest BCUT2D eigenvalue weighted by molar-refractivity contribution is -0.136. The summed E-state index contributed by atoms with van der Waals surface area (Å²) in [6, 6.07) is 11.0. The molecular weight excluding hydrogens is 323 g/mol. The van der Waals surface area contributed by atoms with E-state index in [0.717, 1.165) is 16.7 Å². The molecule has 2 aliphatic heterocycles. The van der Waals surface area contributed by atoms with Crippen LogP contribution in [0.3, 0.4) is 0 Å². The van der Waals surface area contributed by atoms with E-state index in [2.05, 4.69) is 5.32 Å². The van der Waals surface area contributed by atoms with Crippen molar-refractivity contribution in [2.75, 3.05) is 0 Å². The first-order valence-corrected chi connectivity index (χ1v) is 8.06. The lowest BCUT2D eigenvalue weighted by atomic mass is 10.0. The van der Waals surface area contributed by atoms with Gasteiger partial charge >= 0.3 is 0 Å². The van der Waals surface area contributed by atoms with E-state index in [1.54, 1.807) is 18.2 Å². The Morgan fingerprint density at radius 2 is 1.72 bits per heavy atom. The van der Waals surface area contributed by atoms with Crippen molar-refractivity contribution in [3.05, 3.63) is 59.4 Å². The number of halogens is 1. The Balaban J connectivity index is 1.62.